The summed E-state index contributed by atoms with van der Waals surface area (Å²) in [4.78, 5) is 26.9. The van der Waals surface area contributed by atoms with E-state index in [4.69, 9.17) is 4.74 Å². The lowest BCUT2D eigenvalue weighted by Crippen LogP contribution is -2.52. The van der Waals surface area contributed by atoms with Crippen molar-refractivity contribution in [2.75, 3.05) is 0 Å². The molecule has 0 aliphatic carbocycles. The van der Waals surface area contributed by atoms with Crippen LogP contribution in [0.2, 0.25) is 0 Å². The predicted octanol–water partition coefficient (Wildman–Crippen LogP) is 4.79. The van der Waals surface area contributed by atoms with Gasteiger partial charge in [-0.15, -0.1) is 0 Å². The van der Waals surface area contributed by atoms with Crippen LogP contribution in [0.25, 0.3) is 0 Å². The van der Waals surface area contributed by atoms with Crippen molar-refractivity contribution in [2.24, 2.45) is 0 Å². The van der Waals surface area contributed by atoms with Gasteiger partial charge in [0.1, 0.15) is 11.1 Å². The summed E-state index contributed by atoms with van der Waals surface area (Å²) < 4.78 is 31.5. The first-order chi connectivity index (χ1) is 16.8. The van der Waals surface area contributed by atoms with Crippen LogP contribution in [0.15, 0.2) is 107 Å². The molecule has 1 saturated heterocycles. The van der Waals surface area contributed by atoms with E-state index in [1.807, 2.05) is 36.4 Å². The highest BCUT2D eigenvalue weighted by atomic mass is 33.1. The van der Waals surface area contributed by atoms with Crippen molar-refractivity contribution in [3.8, 4) is 0 Å². The molecule has 1 heterocycles. The van der Waals surface area contributed by atoms with Crippen molar-refractivity contribution in [1.29, 1.82) is 0 Å². The number of benzene rings is 3. The monoisotopic (exact) mass is 509 g/mol. The molecule has 4 rings (SSSR count). The Labute approximate surface area is 207 Å². The fraction of sp³-hybridized carbons (Fsp3) is 0.154. The number of carbonyl (C=O) groups excluding carboxylic acids is 2. The second-order valence-electron chi connectivity index (χ2n) is 7.83. The molecule has 180 valence electrons. The average molecular weight is 510 g/mol. The Balaban J connectivity index is 1.60. The van der Waals surface area contributed by atoms with E-state index in [0.717, 1.165) is 4.90 Å². The van der Waals surface area contributed by atoms with Gasteiger partial charge in [-0.1, -0.05) is 78.9 Å². The fourth-order valence-corrected chi connectivity index (χ4v) is 7.11. The zero-order valence-corrected chi connectivity index (χ0v) is 20.4. The standard InChI is InChI=1S/C26H23NO6S2/c1-18(28)24(27-22(29)17-23(27)34-35(31,32)21-15-9-4-10-16-21)26(30)33-25(19-11-5-2-6-12-19)20-13-7-3-8-14-20/h2-16,23,25,28H,17H2,1H3/b24-18+/t23-/m1/s1. The predicted molar refractivity (Wildman–Crippen MR) is 133 cm³/mol. The summed E-state index contributed by atoms with van der Waals surface area (Å²) in [5.74, 6) is -1.86. The van der Waals surface area contributed by atoms with Gasteiger partial charge in [-0.25, -0.2) is 13.2 Å². The molecule has 3 aromatic rings. The van der Waals surface area contributed by atoms with Crippen LogP contribution in [-0.4, -0.2) is 35.7 Å². The van der Waals surface area contributed by atoms with Gasteiger partial charge in [-0.3, -0.25) is 9.69 Å². The van der Waals surface area contributed by atoms with Gasteiger partial charge >= 0.3 is 5.97 Å². The molecule has 1 N–H and O–H groups in total. The summed E-state index contributed by atoms with van der Waals surface area (Å²) in [5, 5.41) is 9.46. The third kappa shape index (κ3) is 5.41. The van der Waals surface area contributed by atoms with Crippen LogP contribution in [-0.2, 0) is 23.2 Å². The Morgan fingerprint density at radius 1 is 0.943 bits per heavy atom. The smallest absolute Gasteiger partial charge is 0.359 e. The van der Waals surface area contributed by atoms with Gasteiger partial charge in [0.2, 0.25) is 14.8 Å². The second kappa shape index (κ2) is 10.4. The zero-order valence-electron chi connectivity index (χ0n) is 18.8. The maximum absolute atomic E-state index is 13.3. The molecule has 0 radical (unpaired) electrons. The minimum Gasteiger partial charge on any atom is -0.510 e. The van der Waals surface area contributed by atoms with E-state index >= 15 is 0 Å². The minimum absolute atomic E-state index is 0.0892. The Hall–Kier alpha value is -3.56. The third-order valence-corrected chi connectivity index (χ3v) is 9.09. The molecule has 1 fully saturated rings. The van der Waals surface area contributed by atoms with Gasteiger partial charge in [0.05, 0.1) is 11.3 Å². The van der Waals surface area contributed by atoms with Crippen LogP contribution in [0.3, 0.4) is 0 Å². The van der Waals surface area contributed by atoms with Gasteiger partial charge < -0.3 is 9.84 Å². The number of amides is 1. The van der Waals surface area contributed by atoms with Crippen molar-refractivity contribution in [2.45, 2.75) is 29.7 Å². The maximum atomic E-state index is 13.3. The molecule has 0 aromatic heterocycles. The highest BCUT2D eigenvalue weighted by Gasteiger charge is 2.46. The molecule has 1 atom stereocenters. The Kier molecular flexibility index (Phi) is 7.28. The number of carbonyl (C=O) groups is 2. The third-order valence-electron chi connectivity index (χ3n) is 5.38. The molecular weight excluding hydrogens is 486 g/mol. The number of allylic oxidation sites excluding steroid dienone is 1. The van der Waals surface area contributed by atoms with Crippen LogP contribution in [0.4, 0.5) is 0 Å². The number of nitrogens with zero attached hydrogens (tertiary/aromatic N) is 1. The largest absolute Gasteiger partial charge is 0.510 e. The topological polar surface area (TPSA) is 101 Å². The quantitative estimate of drug-likeness (QED) is 0.153. The van der Waals surface area contributed by atoms with Crippen LogP contribution in [0, 0.1) is 0 Å². The van der Waals surface area contributed by atoms with Crippen molar-refractivity contribution < 1.29 is 27.9 Å². The van der Waals surface area contributed by atoms with E-state index in [2.05, 4.69) is 0 Å². The summed E-state index contributed by atoms with van der Waals surface area (Å²) in [6.07, 6.45) is -0.892. The van der Waals surface area contributed by atoms with Crippen molar-refractivity contribution in [3.63, 3.8) is 0 Å². The summed E-state index contributed by atoms with van der Waals surface area (Å²) in [5.41, 5.74) is 1.03. The fourth-order valence-electron chi connectivity index (χ4n) is 3.69. The lowest BCUT2D eigenvalue weighted by Gasteiger charge is -2.40. The Bertz CT molecular complexity index is 1300. The minimum atomic E-state index is -3.80. The number of hydrogen-bond acceptors (Lipinski definition) is 7. The number of hydrogen-bond donors (Lipinski definition) is 1. The number of ether oxygens (including phenoxy) is 1. The Morgan fingerprint density at radius 3 is 1.89 bits per heavy atom. The molecule has 7 nitrogen and oxygen atoms in total. The van der Waals surface area contributed by atoms with Crippen molar-refractivity contribution in [1.82, 2.24) is 4.90 Å². The first-order valence-corrected chi connectivity index (χ1v) is 13.7. The molecular formula is C26H23NO6S2. The number of esters is 1. The van der Waals surface area contributed by atoms with Crippen LogP contribution in [0.5, 0.6) is 0 Å². The number of likely N-dealkylation sites (tertiary alicyclic amines) is 1. The van der Waals surface area contributed by atoms with E-state index < -0.39 is 38.0 Å². The van der Waals surface area contributed by atoms with E-state index in [-0.39, 0.29) is 17.0 Å². The molecule has 0 unspecified atom stereocenters. The lowest BCUT2D eigenvalue weighted by molar-refractivity contribution is -0.152. The van der Waals surface area contributed by atoms with E-state index in [1.54, 1.807) is 42.5 Å². The molecule has 0 saturated carbocycles. The molecule has 1 aliphatic rings. The first-order valence-electron chi connectivity index (χ1n) is 10.8. The summed E-state index contributed by atoms with van der Waals surface area (Å²) >= 11 is 0. The summed E-state index contributed by atoms with van der Waals surface area (Å²) in [6, 6.07) is 26.0. The normalized spacial score (nSPS) is 16.5. The van der Waals surface area contributed by atoms with E-state index in [0.29, 0.717) is 21.9 Å². The SMILES string of the molecule is C/C(O)=C(/C(=O)OC(c1ccccc1)c1ccccc1)N1C(=O)C[C@H]1SS(=O)(=O)c1ccccc1. The van der Waals surface area contributed by atoms with Crippen LogP contribution >= 0.6 is 10.8 Å². The number of rotatable bonds is 8. The van der Waals surface area contributed by atoms with Crippen molar-refractivity contribution in [3.05, 3.63) is 114 Å². The number of β-lactam (4-membered cyclic amide) rings is 1. The lowest BCUT2D eigenvalue weighted by atomic mass is 10.0. The maximum Gasteiger partial charge on any atom is 0.359 e. The van der Waals surface area contributed by atoms with E-state index in [1.165, 1.54) is 19.1 Å². The zero-order chi connectivity index (χ0) is 25.0. The number of aliphatic hydroxyl groups excluding tert-OH is 1. The molecule has 3 aromatic carbocycles. The van der Waals surface area contributed by atoms with Crippen LogP contribution < -0.4 is 0 Å². The van der Waals surface area contributed by atoms with E-state index in [9.17, 15) is 23.1 Å². The molecule has 0 spiro atoms. The van der Waals surface area contributed by atoms with Gasteiger partial charge in [0.15, 0.2) is 11.8 Å². The highest BCUT2D eigenvalue weighted by Crippen LogP contribution is 2.40. The highest BCUT2D eigenvalue weighted by molar-refractivity contribution is 8.72. The molecule has 9 heteroatoms. The summed E-state index contributed by atoms with van der Waals surface area (Å²) in [7, 11) is -3.25. The van der Waals surface area contributed by atoms with Gasteiger partial charge in [0, 0.05) is 0 Å². The number of aliphatic hydroxyl groups is 1. The Morgan fingerprint density at radius 2 is 1.43 bits per heavy atom. The molecule has 0 bridgehead atoms. The van der Waals surface area contributed by atoms with Crippen molar-refractivity contribution >= 4 is 31.5 Å². The van der Waals surface area contributed by atoms with Gasteiger partial charge in [-0.05, 0) is 41.0 Å². The summed E-state index contributed by atoms with van der Waals surface area (Å²) in [6.45, 7) is 1.26. The van der Waals surface area contributed by atoms with Gasteiger partial charge in [0.25, 0.3) is 0 Å². The molecule has 1 amide bonds. The first kappa shape index (κ1) is 24.6. The molecule has 1 aliphatic heterocycles. The van der Waals surface area contributed by atoms with Gasteiger partial charge in [-0.2, -0.15) is 0 Å². The molecule has 35 heavy (non-hydrogen) atoms. The van der Waals surface area contributed by atoms with Crippen LogP contribution in [0.1, 0.15) is 30.6 Å². The average Bonchev–Trinajstić information content (AvgIpc) is 2.86. The second-order valence-corrected chi connectivity index (χ2v) is 11.8.